The van der Waals surface area contributed by atoms with Crippen LogP contribution in [0.3, 0.4) is 0 Å². The van der Waals surface area contributed by atoms with Crippen molar-refractivity contribution in [2.24, 2.45) is 0 Å². The molecule has 0 aliphatic rings. The molecule has 2 rings (SSSR count). The van der Waals surface area contributed by atoms with E-state index in [-0.39, 0.29) is 5.82 Å². The summed E-state index contributed by atoms with van der Waals surface area (Å²) in [4.78, 5) is 4.37. The van der Waals surface area contributed by atoms with Crippen molar-refractivity contribution >= 4 is 17.5 Å². The topological polar surface area (TPSA) is 29.9 Å². The fraction of sp³-hybridized carbons (Fsp3) is 0.357. The number of unbranched alkanes of at least 4 members (excludes halogenated alkanes) is 1. The van der Waals surface area contributed by atoms with Crippen molar-refractivity contribution in [3.05, 3.63) is 40.9 Å². The minimum absolute atomic E-state index is 0.358. The van der Waals surface area contributed by atoms with Crippen LogP contribution in [0, 0.1) is 12.7 Å². The molecule has 0 saturated carbocycles. The van der Waals surface area contributed by atoms with E-state index in [1.807, 2.05) is 6.92 Å². The Balaban J connectivity index is 2.32. The zero-order valence-electron chi connectivity index (χ0n) is 11.1. The fourth-order valence-electron chi connectivity index (χ4n) is 1.86. The van der Waals surface area contributed by atoms with Crippen molar-refractivity contribution in [3.63, 3.8) is 0 Å². The van der Waals surface area contributed by atoms with Gasteiger partial charge in [0.05, 0.1) is 11.4 Å². The van der Waals surface area contributed by atoms with E-state index in [9.17, 15) is 4.39 Å². The number of nitrogens with zero attached hydrogens (tertiary/aromatic N) is 2. The Labute approximate surface area is 117 Å². The molecule has 0 radical (unpaired) electrons. The molecule has 0 spiro atoms. The highest BCUT2D eigenvalue weighted by atomic mass is 35.5. The molecule has 1 aromatic carbocycles. The van der Waals surface area contributed by atoms with Crippen LogP contribution in [-0.2, 0) is 0 Å². The molecule has 102 valence electrons. The summed E-state index contributed by atoms with van der Waals surface area (Å²) in [5.41, 5.74) is 1.29. The maximum atomic E-state index is 14.0. The van der Waals surface area contributed by atoms with Crippen molar-refractivity contribution in [1.82, 2.24) is 9.55 Å². The van der Waals surface area contributed by atoms with Crippen molar-refractivity contribution in [2.45, 2.75) is 26.7 Å². The first-order chi connectivity index (χ1) is 9.11. The van der Waals surface area contributed by atoms with Gasteiger partial charge in [0.15, 0.2) is 0 Å². The summed E-state index contributed by atoms with van der Waals surface area (Å²) in [5.74, 6) is 0.301. The predicted octanol–water partition coefficient (Wildman–Crippen LogP) is 4.19. The van der Waals surface area contributed by atoms with Crippen molar-refractivity contribution < 1.29 is 4.39 Å². The molecule has 0 fully saturated rings. The Morgan fingerprint density at radius 1 is 1.42 bits per heavy atom. The van der Waals surface area contributed by atoms with Crippen LogP contribution in [0.4, 0.5) is 10.3 Å². The number of hydrogen-bond donors (Lipinski definition) is 1. The molecule has 0 unspecified atom stereocenters. The van der Waals surface area contributed by atoms with Gasteiger partial charge in [-0.15, -0.1) is 0 Å². The van der Waals surface area contributed by atoms with Gasteiger partial charge in [-0.25, -0.2) is 9.37 Å². The SMILES string of the molecule is CCCCNc1nc(C)cn1-c1ccc(Cl)cc1F. The zero-order chi connectivity index (χ0) is 13.8. The van der Waals surface area contributed by atoms with Gasteiger partial charge in [-0.05, 0) is 31.5 Å². The van der Waals surface area contributed by atoms with Gasteiger partial charge in [0, 0.05) is 17.8 Å². The van der Waals surface area contributed by atoms with Crippen LogP contribution >= 0.6 is 11.6 Å². The lowest BCUT2D eigenvalue weighted by atomic mass is 10.3. The average Bonchev–Trinajstić information content (AvgIpc) is 2.71. The van der Waals surface area contributed by atoms with Crippen LogP contribution < -0.4 is 5.32 Å². The van der Waals surface area contributed by atoms with E-state index in [2.05, 4.69) is 17.2 Å². The van der Waals surface area contributed by atoms with E-state index in [1.54, 1.807) is 22.9 Å². The Bertz CT molecular complexity index is 566. The first kappa shape index (κ1) is 13.9. The molecular formula is C14H17ClFN3. The minimum Gasteiger partial charge on any atom is -0.355 e. The lowest BCUT2D eigenvalue weighted by Crippen LogP contribution is -2.08. The summed E-state index contributed by atoms with van der Waals surface area (Å²) in [6.45, 7) is 4.83. The molecule has 5 heteroatoms. The number of anilines is 1. The molecule has 3 nitrogen and oxygen atoms in total. The Morgan fingerprint density at radius 2 is 2.21 bits per heavy atom. The Morgan fingerprint density at radius 3 is 2.89 bits per heavy atom. The van der Waals surface area contributed by atoms with Gasteiger partial charge < -0.3 is 5.32 Å². The highest BCUT2D eigenvalue weighted by Crippen LogP contribution is 2.22. The molecule has 0 bridgehead atoms. The third kappa shape index (κ3) is 3.26. The Kier molecular flexibility index (Phi) is 4.43. The quantitative estimate of drug-likeness (QED) is 0.833. The van der Waals surface area contributed by atoms with E-state index in [4.69, 9.17) is 11.6 Å². The third-order valence-electron chi connectivity index (χ3n) is 2.81. The number of aromatic nitrogens is 2. The largest absolute Gasteiger partial charge is 0.355 e. The summed E-state index contributed by atoms with van der Waals surface area (Å²) in [5, 5.41) is 3.62. The van der Waals surface area contributed by atoms with E-state index >= 15 is 0 Å². The minimum atomic E-state index is -0.358. The molecule has 2 aromatic rings. The number of hydrogen-bond acceptors (Lipinski definition) is 2. The lowest BCUT2D eigenvalue weighted by molar-refractivity contribution is 0.618. The maximum Gasteiger partial charge on any atom is 0.207 e. The van der Waals surface area contributed by atoms with Gasteiger partial charge in [0.25, 0.3) is 0 Å². The van der Waals surface area contributed by atoms with Crippen LogP contribution in [0.15, 0.2) is 24.4 Å². The molecule has 0 saturated heterocycles. The van der Waals surface area contributed by atoms with Crippen molar-refractivity contribution in [1.29, 1.82) is 0 Å². The molecule has 1 N–H and O–H groups in total. The number of aryl methyl sites for hydroxylation is 1. The van der Waals surface area contributed by atoms with Gasteiger partial charge in [-0.1, -0.05) is 24.9 Å². The van der Waals surface area contributed by atoms with Gasteiger partial charge in [-0.2, -0.15) is 0 Å². The van der Waals surface area contributed by atoms with Gasteiger partial charge in [0.2, 0.25) is 5.95 Å². The number of rotatable bonds is 5. The first-order valence-electron chi connectivity index (χ1n) is 6.37. The molecule has 1 aromatic heterocycles. The van der Waals surface area contributed by atoms with E-state index in [1.165, 1.54) is 6.07 Å². The fourth-order valence-corrected chi connectivity index (χ4v) is 2.02. The van der Waals surface area contributed by atoms with E-state index < -0.39 is 0 Å². The number of benzene rings is 1. The molecule has 0 aliphatic carbocycles. The number of nitrogens with one attached hydrogen (secondary N) is 1. The summed E-state index contributed by atoms with van der Waals surface area (Å²) in [7, 11) is 0. The molecule has 0 amide bonds. The smallest absolute Gasteiger partial charge is 0.207 e. The van der Waals surface area contributed by atoms with E-state index in [0.717, 1.165) is 25.1 Å². The zero-order valence-corrected chi connectivity index (χ0v) is 11.8. The molecule has 0 aliphatic heterocycles. The lowest BCUT2D eigenvalue weighted by Gasteiger charge is -2.10. The molecule has 0 atom stereocenters. The molecule has 19 heavy (non-hydrogen) atoms. The summed E-state index contributed by atoms with van der Waals surface area (Å²) in [6, 6.07) is 4.64. The van der Waals surface area contributed by atoms with Crippen LogP contribution in [0.25, 0.3) is 5.69 Å². The Hall–Kier alpha value is -1.55. The molecular weight excluding hydrogens is 265 g/mol. The third-order valence-corrected chi connectivity index (χ3v) is 3.04. The van der Waals surface area contributed by atoms with Crippen molar-refractivity contribution in [2.75, 3.05) is 11.9 Å². The van der Waals surface area contributed by atoms with Gasteiger partial charge in [0.1, 0.15) is 5.82 Å². The average molecular weight is 282 g/mol. The van der Waals surface area contributed by atoms with Crippen LogP contribution in [0.5, 0.6) is 0 Å². The van der Waals surface area contributed by atoms with Crippen LogP contribution in [0.1, 0.15) is 25.5 Å². The second-order valence-electron chi connectivity index (χ2n) is 4.45. The summed E-state index contributed by atoms with van der Waals surface area (Å²) in [6.07, 6.45) is 3.96. The number of imidazole rings is 1. The molecule has 1 heterocycles. The highest BCUT2D eigenvalue weighted by molar-refractivity contribution is 6.30. The normalized spacial score (nSPS) is 10.7. The monoisotopic (exact) mass is 281 g/mol. The number of halogens is 2. The van der Waals surface area contributed by atoms with Crippen LogP contribution in [0.2, 0.25) is 5.02 Å². The summed E-state index contributed by atoms with van der Waals surface area (Å²) >= 11 is 5.77. The van der Waals surface area contributed by atoms with Gasteiger partial charge >= 0.3 is 0 Å². The predicted molar refractivity (Wildman–Crippen MR) is 76.7 cm³/mol. The standard InChI is InChI=1S/C14H17ClFN3/c1-3-4-7-17-14-18-10(2)9-19(14)13-6-5-11(15)8-12(13)16/h5-6,8-9H,3-4,7H2,1-2H3,(H,17,18). The summed E-state index contributed by atoms with van der Waals surface area (Å²) < 4.78 is 15.7. The first-order valence-corrected chi connectivity index (χ1v) is 6.75. The van der Waals surface area contributed by atoms with Crippen LogP contribution in [-0.4, -0.2) is 16.1 Å². The second kappa shape index (κ2) is 6.06. The van der Waals surface area contributed by atoms with E-state index in [0.29, 0.717) is 16.7 Å². The maximum absolute atomic E-state index is 14.0. The highest BCUT2D eigenvalue weighted by Gasteiger charge is 2.11. The van der Waals surface area contributed by atoms with Gasteiger partial charge in [-0.3, -0.25) is 4.57 Å². The van der Waals surface area contributed by atoms with Crippen molar-refractivity contribution in [3.8, 4) is 5.69 Å². The second-order valence-corrected chi connectivity index (χ2v) is 4.89.